The smallest absolute Gasteiger partial charge is 0.274 e. The molecule has 37 heavy (non-hydrogen) atoms. The zero-order valence-corrected chi connectivity index (χ0v) is 20.6. The third-order valence-corrected chi connectivity index (χ3v) is 6.57. The number of piperidine rings is 1. The second-order valence-electron chi connectivity index (χ2n) is 9.01. The number of likely N-dealkylation sites (tertiary alicyclic amines) is 1. The zero-order valence-electron chi connectivity index (χ0n) is 20.6. The lowest BCUT2D eigenvalue weighted by Crippen LogP contribution is -2.38. The van der Waals surface area contributed by atoms with Crippen LogP contribution in [0.25, 0.3) is 16.6 Å². The molecule has 1 fully saturated rings. The van der Waals surface area contributed by atoms with E-state index in [1.54, 1.807) is 19.3 Å². The average Bonchev–Trinajstić information content (AvgIpc) is 3.34. The molecule has 0 saturated carbocycles. The Hall–Kier alpha value is -4.37. The SMILES string of the molecule is COC/C=C/C(=O)N1CCC[C@@H](c2cn(-c3ccc(Oc4ccccc4)cc3)c3c(N)n[nH]c(=O)c23)C1. The molecule has 5 rings (SSSR count). The monoisotopic (exact) mass is 499 g/mol. The predicted molar refractivity (Wildman–Crippen MR) is 142 cm³/mol. The van der Waals surface area contributed by atoms with Crippen molar-refractivity contribution in [1.29, 1.82) is 0 Å². The van der Waals surface area contributed by atoms with Crippen LogP contribution >= 0.6 is 0 Å². The van der Waals surface area contributed by atoms with Crippen molar-refractivity contribution in [3.8, 4) is 17.2 Å². The molecule has 0 radical (unpaired) electrons. The summed E-state index contributed by atoms with van der Waals surface area (Å²) in [7, 11) is 1.59. The topological polar surface area (TPSA) is 115 Å². The predicted octanol–water partition coefficient (Wildman–Crippen LogP) is 4.00. The number of H-pyrrole nitrogens is 1. The summed E-state index contributed by atoms with van der Waals surface area (Å²) in [6.45, 7) is 1.57. The van der Waals surface area contributed by atoms with Crippen molar-refractivity contribution in [2.24, 2.45) is 0 Å². The number of hydrogen-bond acceptors (Lipinski definition) is 6. The molecule has 1 amide bonds. The Balaban J connectivity index is 1.48. The number of anilines is 1. The van der Waals surface area contributed by atoms with Crippen LogP contribution in [0.1, 0.15) is 24.3 Å². The Morgan fingerprint density at radius 3 is 2.68 bits per heavy atom. The molecule has 0 bridgehead atoms. The van der Waals surface area contributed by atoms with Gasteiger partial charge in [-0.25, -0.2) is 5.10 Å². The molecule has 0 aliphatic carbocycles. The summed E-state index contributed by atoms with van der Waals surface area (Å²) in [5.74, 6) is 1.60. The Kier molecular flexibility index (Phi) is 7.04. The molecule has 1 saturated heterocycles. The van der Waals surface area contributed by atoms with Gasteiger partial charge in [-0.2, -0.15) is 5.10 Å². The molecular formula is C28H29N5O4. The first-order chi connectivity index (χ1) is 18.0. The van der Waals surface area contributed by atoms with E-state index in [0.717, 1.165) is 29.8 Å². The second-order valence-corrected chi connectivity index (χ2v) is 9.01. The van der Waals surface area contributed by atoms with E-state index in [0.29, 0.717) is 36.3 Å². The van der Waals surface area contributed by atoms with Crippen molar-refractivity contribution in [2.45, 2.75) is 18.8 Å². The number of amides is 1. The first kappa shape index (κ1) is 24.3. The van der Waals surface area contributed by atoms with Crippen LogP contribution < -0.4 is 16.0 Å². The zero-order chi connectivity index (χ0) is 25.8. The van der Waals surface area contributed by atoms with E-state index in [-0.39, 0.29) is 23.2 Å². The summed E-state index contributed by atoms with van der Waals surface area (Å²) in [6, 6.07) is 17.1. The number of ether oxygens (including phenoxy) is 2. The fourth-order valence-corrected chi connectivity index (χ4v) is 4.83. The molecule has 1 atom stereocenters. The van der Waals surface area contributed by atoms with E-state index >= 15 is 0 Å². The highest BCUT2D eigenvalue weighted by Crippen LogP contribution is 2.35. The molecule has 4 aromatic rings. The van der Waals surface area contributed by atoms with E-state index in [1.807, 2.05) is 70.3 Å². The third kappa shape index (κ3) is 5.12. The van der Waals surface area contributed by atoms with Crippen molar-refractivity contribution in [3.63, 3.8) is 0 Å². The highest BCUT2D eigenvalue weighted by Gasteiger charge is 2.28. The van der Waals surface area contributed by atoms with Gasteiger partial charge in [0.15, 0.2) is 5.82 Å². The number of methoxy groups -OCH3 is 1. The number of benzene rings is 2. The number of nitrogens with one attached hydrogen (secondary N) is 1. The van der Waals surface area contributed by atoms with Crippen molar-refractivity contribution < 1.29 is 14.3 Å². The second kappa shape index (κ2) is 10.7. The number of para-hydroxylation sites is 1. The van der Waals surface area contributed by atoms with Crippen LogP contribution in [0.4, 0.5) is 5.82 Å². The van der Waals surface area contributed by atoms with Gasteiger partial charge in [0.25, 0.3) is 5.56 Å². The number of hydrogen-bond donors (Lipinski definition) is 2. The van der Waals surface area contributed by atoms with E-state index in [9.17, 15) is 9.59 Å². The molecular weight excluding hydrogens is 470 g/mol. The summed E-state index contributed by atoms with van der Waals surface area (Å²) in [5, 5.41) is 7.05. The minimum absolute atomic E-state index is 0.0131. The van der Waals surface area contributed by atoms with Crippen LogP contribution in [0.15, 0.2) is 77.7 Å². The first-order valence-corrected chi connectivity index (χ1v) is 12.2. The van der Waals surface area contributed by atoms with Gasteiger partial charge >= 0.3 is 0 Å². The molecule has 2 aromatic carbocycles. The van der Waals surface area contributed by atoms with E-state index < -0.39 is 0 Å². The summed E-state index contributed by atoms with van der Waals surface area (Å²) in [5.41, 5.74) is 8.20. The van der Waals surface area contributed by atoms with Gasteiger partial charge in [-0.3, -0.25) is 9.59 Å². The standard InChI is InChI=1S/C28H29N5O4/c1-36-16-6-10-24(34)32-15-5-7-19(17-32)23-18-33(26-25(23)28(35)31-30-27(26)29)20-11-13-22(14-12-20)37-21-8-3-2-4-9-21/h2-4,6,8-14,18-19H,5,7,15-17H2,1H3,(H2,29,30)(H,31,35)/b10-6+/t19-/m1/s1. The number of rotatable bonds is 7. The molecule has 190 valence electrons. The van der Waals surface area contributed by atoms with Crippen molar-refractivity contribution in [3.05, 3.63) is 88.9 Å². The lowest BCUT2D eigenvalue weighted by Gasteiger charge is -2.32. The van der Waals surface area contributed by atoms with Gasteiger partial charge in [0.2, 0.25) is 5.91 Å². The number of carbonyl (C=O) groups is 1. The Morgan fingerprint density at radius 1 is 1.16 bits per heavy atom. The van der Waals surface area contributed by atoms with Gasteiger partial charge in [-0.1, -0.05) is 24.3 Å². The number of aromatic amines is 1. The third-order valence-electron chi connectivity index (χ3n) is 6.57. The molecule has 9 heteroatoms. The summed E-state index contributed by atoms with van der Waals surface area (Å²) in [6.07, 6.45) is 6.90. The molecule has 0 spiro atoms. The highest BCUT2D eigenvalue weighted by molar-refractivity contribution is 5.92. The number of aromatic nitrogens is 3. The number of nitrogen functional groups attached to an aromatic ring is 1. The number of nitrogens with two attached hydrogens (primary N) is 1. The molecule has 1 aliphatic heterocycles. The largest absolute Gasteiger partial charge is 0.457 e. The van der Waals surface area contributed by atoms with Gasteiger partial charge in [-0.05, 0) is 54.8 Å². The van der Waals surface area contributed by atoms with Gasteiger partial charge in [-0.15, -0.1) is 0 Å². The first-order valence-electron chi connectivity index (χ1n) is 12.2. The molecule has 9 nitrogen and oxygen atoms in total. The molecule has 3 N–H and O–H groups in total. The lowest BCUT2D eigenvalue weighted by atomic mass is 9.90. The molecule has 2 aromatic heterocycles. The minimum atomic E-state index is -0.301. The summed E-state index contributed by atoms with van der Waals surface area (Å²) in [4.78, 5) is 27.5. The quantitative estimate of drug-likeness (QED) is 0.372. The summed E-state index contributed by atoms with van der Waals surface area (Å²) >= 11 is 0. The van der Waals surface area contributed by atoms with E-state index in [4.69, 9.17) is 15.2 Å². The van der Waals surface area contributed by atoms with Gasteiger partial charge in [0.05, 0.1) is 12.0 Å². The number of nitrogens with zero attached hydrogens (tertiary/aromatic N) is 3. The van der Waals surface area contributed by atoms with Crippen molar-refractivity contribution in [2.75, 3.05) is 32.5 Å². The van der Waals surface area contributed by atoms with E-state index in [1.165, 1.54) is 0 Å². The van der Waals surface area contributed by atoms with E-state index in [2.05, 4.69) is 10.2 Å². The summed E-state index contributed by atoms with van der Waals surface area (Å²) < 4.78 is 12.8. The van der Waals surface area contributed by atoms with Crippen LogP contribution in [-0.4, -0.2) is 52.4 Å². The van der Waals surface area contributed by atoms with Crippen molar-refractivity contribution >= 4 is 22.6 Å². The number of fused-ring (bicyclic) bond motifs is 1. The van der Waals surface area contributed by atoms with Crippen LogP contribution in [0.2, 0.25) is 0 Å². The van der Waals surface area contributed by atoms with Crippen LogP contribution in [0, 0.1) is 0 Å². The molecule has 0 unspecified atom stereocenters. The van der Waals surface area contributed by atoms with Crippen molar-refractivity contribution in [1.82, 2.24) is 19.7 Å². The van der Waals surface area contributed by atoms with Crippen LogP contribution in [0.5, 0.6) is 11.5 Å². The van der Waals surface area contributed by atoms with Gasteiger partial charge < -0.3 is 24.7 Å². The maximum Gasteiger partial charge on any atom is 0.274 e. The van der Waals surface area contributed by atoms with Gasteiger partial charge in [0, 0.05) is 44.1 Å². The van der Waals surface area contributed by atoms with Crippen LogP contribution in [0.3, 0.4) is 0 Å². The highest BCUT2D eigenvalue weighted by atomic mass is 16.5. The Morgan fingerprint density at radius 2 is 1.92 bits per heavy atom. The Bertz CT molecular complexity index is 1470. The molecule has 3 heterocycles. The maximum absolute atomic E-state index is 13.0. The van der Waals surface area contributed by atoms with Crippen LogP contribution in [-0.2, 0) is 9.53 Å². The fourth-order valence-electron chi connectivity index (χ4n) is 4.83. The molecule has 1 aliphatic rings. The number of carbonyl (C=O) groups excluding carboxylic acids is 1. The fraction of sp³-hybridized carbons (Fsp3) is 0.250. The maximum atomic E-state index is 13.0. The average molecular weight is 500 g/mol. The lowest BCUT2D eigenvalue weighted by molar-refractivity contribution is -0.127. The Labute approximate surface area is 214 Å². The normalized spacial score (nSPS) is 15.9. The minimum Gasteiger partial charge on any atom is -0.457 e. The van der Waals surface area contributed by atoms with Gasteiger partial charge in [0.1, 0.15) is 17.0 Å².